The second kappa shape index (κ2) is 13.8. The lowest BCUT2D eigenvalue weighted by Gasteiger charge is -2.27. The maximum absolute atomic E-state index is 13.1. The van der Waals surface area contributed by atoms with Crippen molar-refractivity contribution in [1.29, 1.82) is 0 Å². The first-order valence-electron chi connectivity index (χ1n) is 13.9. The second-order valence-corrected chi connectivity index (χ2v) is 11.0. The number of rotatable bonds is 11. The molecule has 1 aromatic heterocycles. The summed E-state index contributed by atoms with van der Waals surface area (Å²) in [7, 11) is 1.62. The number of nitrogens with one attached hydrogen (secondary N) is 4. The zero-order valence-electron chi connectivity index (χ0n) is 24.2. The first-order chi connectivity index (χ1) is 19.7. The smallest absolute Gasteiger partial charge is 0.251 e. The van der Waals surface area contributed by atoms with Crippen molar-refractivity contribution in [2.45, 2.75) is 65.1 Å². The van der Waals surface area contributed by atoms with Crippen molar-refractivity contribution in [3.8, 4) is 5.75 Å². The Morgan fingerprint density at radius 3 is 2.61 bits per heavy atom. The fourth-order valence-electron chi connectivity index (χ4n) is 4.78. The topological polar surface area (TPSA) is 120 Å². The molecule has 218 valence electrons. The van der Waals surface area contributed by atoms with E-state index in [2.05, 4.69) is 37.3 Å². The Bertz CT molecular complexity index is 1410. The van der Waals surface area contributed by atoms with Crippen molar-refractivity contribution < 1.29 is 14.6 Å². The lowest BCUT2D eigenvalue weighted by Crippen LogP contribution is -2.39. The Hall–Kier alpha value is -3.66. The number of amides is 1. The van der Waals surface area contributed by atoms with Crippen LogP contribution in [0.25, 0.3) is 5.57 Å². The van der Waals surface area contributed by atoms with Crippen LogP contribution in [0.1, 0.15) is 61.5 Å². The van der Waals surface area contributed by atoms with Gasteiger partial charge in [-0.15, -0.1) is 0 Å². The molecule has 0 aliphatic heterocycles. The van der Waals surface area contributed by atoms with Crippen molar-refractivity contribution in [2.24, 2.45) is 0 Å². The second-order valence-electron chi connectivity index (χ2n) is 10.5. The average molecular weight is 579 g/mol. The molecular weight excluding hydrogens is 540 g/mol. The molecule has 0 saturated carbocycles. The van der Waals surface area contributed by atoms with Crippen LogP contribution in [0.4, 0.5) is 23.1 Å². The molecule has 1 aliphatic carbocycles. The summed E-state index contributed by atoms with van der Waals surface area (Å²) >= 11 is 6.42. The number of para-hydroxylation sites is 1. The number of ether oxygens (including phenoxy) is 1. The highest BCUT2D eigenvalue weighted by molar-refractivity contribution is 6.32. The molecule has 2 aromatic carbocycles. The van der Waals surface area contributed by atoms with Gasteiger partial charge in [0.1, 0.15) is 10.8 Å². The summed E-state index contributed by atoms with van der Waals surface area (Å²) in [6.07, 6.45) is 6.10. The Labute approximate surface area is 246 Å². The van der Waals surface area contributed by atoms with E-state index >= 15 is 0 Å². The summed E-state index contributed by atoms with van der Waals surface area (Å²) in [6, 6.07) is 11.9. The number of aliphatic hydroxyl groups is 1. The molecule has 1 amide bonds. The minimum Gasteiger partial charge on any atom is -0.489 e. The molecule has 5 N–H and O–H groups in total. The maximum atomic E-state index is 13.1. The lowest BCUT2D eigenvalue weighted by molar-refractivity contribution is 0.0962. The van der Waals surface area contributed by atoms with E-state index in [0.717, 1.165) is 41.6 Å². The van der Waals surface area contributed by atoms with Crippen LogP contribution in [0.2, 0.25) is 5.02 Å². The summed E-state index contributed by atoms with van der Waals surface area (Å²) in [5.74, 6) is 1.15. The van der Waals surface area contributed by atoms with E-state index in [4.69, 9.17) is 16.3 Å². The third kappa shape index (κ3) is 7.75. The minimum absolute atomic E-state index is 0.0373. The summed E-state index contributed by atoms with van der Waals surface area (Å²) in [5.41, 5.74) is 4.96. The highest BCUT2D eigenvalue weighted by atomic mass is 35.5. The van der Waals surface area contributed by atoms with Gasteiger partial charge in [-0.05, 0) is 81.9 Å². The Kier molecular flexibility index (Phi) is 10.2. The minimum atomic E-state index is -0.201. The average Bonchev–Trinajstić information content (AvgIpc) is 2.96. The SMILES string of the molecule is CNC(=O)c1cc(Nc2ncc(Cl)c(Nc3ccccc3C)n2)c(OC(C)C)cc1C1=CCC(NC(C)CO)CC1. The van der Waals surface area contributed by atoms with E-state index in [-0.39, 0.29) is 30.7 Å². The summed E-state index contributed by atoms with van der Waals surface area (Å²) in [4.78, 5) is 22.1. The zero-order chi connectivity index (χ0) is 29.5. The molecule has 41 heavy (non-hydrogen) atoms. The van der Waals surface area contributed by atoms with Gasteiger partial charge >= 0.3 is 0 Å². The van der Waals surface area contributed by atoms with Gasteiger partial charge in [0.2, 0.25) is 5.95 Å². The molecule has 1 heterocycles. The van der Waals surface area contributed by atoms with Crippen LogP contribution in [-0.2, 0) is 0 Å². The van der Waals surface area contributed by atoms with E-state index in [1.807, 2.05) is 58.0 Å². The van der Waals surface area contributed by atoms with Crippen molar-refractivity contribution in [3.63, 3.8) is 0 Å². The Morgan fingerprint density at radius 2 is 1.95 bits per heavy atom. The number of aryl methyl sites for hydroxylation is 1. The molecular formula is C31H39ClN6O3. The number of allylic oxidation sites excluding steroid dienone is 1. The van der Waals surface area contributed by atoms with Crippen LogP contribution in [0.3, 0.4) is 0 Å². The van der Waals surface area contributed by atoms with Crippen LogP contribution in [0.15, 0.2) is 48.7 Å². The van der Waals surface area contributed by atoms with E-state index in [0.29, 0.717) is 33.8 Å². The molecule has 0 fully saturated rings. The van der Waals surface area contributed by atoms with Gasteiger partial charge in [0.05, 0.1) is 24.6 Å². The number of benzene rings is 2. The zero-order valence-corrected chi connectivity index (χ0v) is 25.0. The number of hydrogen-bond acceptors (Lipinski definition) is 8. The molecule has 2 unspecified atom stereocenters. The van der Waals surface area contributed by atoms with Gasteiger partial charge in [-0.1, -0.05) is 35.9 Å². The number of aliphatic hydroxyl groups excluding tert-OH is 1. The first kappa shape index (κ1) is 30.3. The number of carbonyl (C=O) groups excluding carboxylic acids is 1. The summed E-state index contributed by atoms with van der Waals surface area (Å²) in [5, 5.41) is 22.5. The third-order valence-corrected chi connectivity index (χ3v) is 7.17. The fraction of sp³-hybridized carbons (Fsp3) is 0.387. The summed E-state index contributed by atoms with van der Waals surface area (Å²) in [6.45, 7) is 7.98. The number of aromatic nitrogens is 2. The van der Waals surface area contributed by atoms with Crippen molar-refractivity contribution in [1.82, 2.24) is 20.6 Å². The van der Waals surface area contributed by atoms with Crippen LogP contribution < -0.4 is 26.0 Å². The highest BCUT2D eigenvalue weighted by Gasteiger charge is 2.23. The molecule has 0 spiro atoms. The quantitative estimate of drug-likeness (QED) is 0.188. The van der Waals surface area contributed by atoms with Crippen LogP contribution in [-0.4, -0.2) is 52.8 Å². The van der Waals surface area contributed by atoms with Gasteiger partial charge in [0.15, 0.2) is 5.82 Å². The monoisotopic (exact) mass is 578 g/mol. The molecule has 3 aromatic rings. The fourth-order valence-corrected chi connectivity index (χ4v) is 4.92. The van der Waals surface area contributed by atoms with Gasteiger partial charge in [-0.3, -0.25) is 4.79 Å². The van der Waals surface area contributed by atoms with Gasteiger partial charge in [0.25, 0.3) is 5.91 Å². The standard InChI is InChI=1S/C31H39ClN6O3/c1-18(2)41-28-15-23(21-10-12-22(13-11-21)35-20(4)17-39)24(30(40)33-5)14-27(28)37-31-34-16-25(32)29(38-31)36-26-9-7-6-8-19(26)3/h6-10,14-16,18,20,22,35,39H,11-13,17H2,1-5H3,(H,33,40)(H2,34,36,37,38). The predicted octanol–water partition coefficient (Wildman–Crippen LogP) is 5.98. The Balaban J connectivity index is 1.69. The number of anilines is 4. The van der Waals surface area contributed by atoms with Crippen molar-refractivity contribution in [3.05, 3.63) is 70.4 Å². The summed E-state index contributed by atoms with van der Waals surface area (Å²) < 4.78 is 6.21. The van der Waals surface area contributed by atoms with E-state index in [1.165, 1.54) is 6.20 Å². The highest BCUT2D eigenvalue weighted by Crippen LogP contribution is 2.38. The molecule has 0 saturated heterocycles. The number of carbonyl (C=O) groups is 1. The van der Waals surface area contributed by atoms with Gasteiger partial charge in [0, 0.05) is 30.4 Å². The van der Waals surface area contributed by atoms with E-state index < -0.39 is 0 Å². The lowest BCUT2D eigenvalue weighted by atomic mass is 9.87. The normalized spacial score (nSPS) is 15.7. The molecule has 9 nitrogen and oxygen atoms in total. The van der Waals surface area contributed by atoms with Crippen LogP contribution in [0.5, 0.6) is 5.75 Å². The van der Waals surface area contributed by atoms with Crippen molar-refractivity contribution >= 4 is 46.2 Å². The molecule has 0 bridgehead atoms. The predicted molar refractivity (Wildman–Crippen MR) is 166 cm³/mol. The molecule has 1 aliphatic rings. The molecule has 4 rings (SSSR count). The van der Waals surface area contributed by atoms with Crippen LogP contribution in [0, 0.1) is 6.92 Å². The maximum Gasteiger partial charge on any atom is 0.251 e. The molecule has 10 heteroatoms. The van der Waals surface area contributed by atoms with Gasteiger partial charge in [-0.25, -0.2) is 4.98 Å². The third-order valence-electron chi connectivity index (χ3n) is 6.89. The van der Waals surface area contributed by atoms with Gasteiger partial charge in [-0.2, -0.15) is 4.98 Å². The van der Waals surface area contributed by atoms with Gasteiger partial charge < -0.3 is 31.1 Å². The number of nitrogens with zero attached hydrogens (tertiary/aromatic N) is 2. The number of hydrogen-bond donors (Lipinski definition) is 5. The van der Waals surface area contributed by atoms with E-state index in [9.17, 15) is 9.90 Å². The largest absolute Gasteiger partial charge is 0.489 e. The van der Waals surface area contributed by atoms with E-state index in [1.54, 1.807) is 13.1 Å². The molecule has 0 radical (unpaired) electrons. The van der Waals surface area contributed by atoms with Crippen LogP contribution >= 0.6 is 11.6 Å². The van der Waals surface area contributed by atoms with Crippen molar-refractivity contribution in [2.75, 3.05) is 24.3 Å². The number of halogens is 1. The molecule has 2 atom stereocenters. The Morgan fingerprint density at radius 1 is 1.17 bits per heavy atom. The first-order valence-corrected chi connectivity index (χ1v) is 14.3.